The molecule has 0 saturated heterocycles. The number of nitrogens with zero attached hydrogens (tertiary/aromatic N) is 1. The molecule has 2 amide bonds. The fourth-order valence-electron chi connectivity index (χ4n) is 2.73. The molecular weight excluding hydrogens is 348 g/mol. The van der Waals surface area contributed by atoms with Crippen LogP contribution in [0.3, 0.4) is 0 Å². The molecule has 0 unspecified atom stereocenters. The minimum absolute atomic E-state index is 0.0818. The van der Waals surface area contributed by atoms with Crippen molar-refractivity contribution in [1.82, 2.24) is 4.90 Å². The number of amides is 2. The van der Waals surface area contributed by atoms with Crippen LogP contribution in [0.4, 0.5) is 5.69 Å². The number of benzene rings is 2. The van der Waals surface area contributed by atoms with Crippen molar-refractivity contribution in [3.8, 4) is 17.2 Å². The van der Waals surface area contributed by atoms with Crippen molar-refractivity contribution >= 4 is 17.5 Å². The Bertz CT molecular complexity index is 820. The molecule has 142 valence electrons. The molecule has 0 saturated carbocycles. The lowest BCUT2D eigenvalue weighted by Crippen LogP contribution is -2.31. The number of ether oxygens (including phenoxy) is 3. The molecule has 0 aliphatic carbocycles. The Morgan fingerprint density at radius 1 is 1.11 bits per heavy atom. The van der Waals surface area contributed by atoms with Crippen LogP contribution in [0.15, 0.2) is 42.5 Å². The summed E-state index contributed by atoms with van der Waals surface area (Å²) in [6, 6.07) is 12.7. The van der Waals surface area contributed by atoms with Gasteiger partial charge in [0.1, 0.15) is 5.75 Å². The van der Waals surface area contributed by atoms with Crippen molar-refractivity contribution in [2.24, 2.45) is 0 Å². The molecule has 0 aromatic heterocycles. The van der Waals surface area contributed by atoms with Crippen LogP contribution < -0.4 is 19.5 Å². The molecule has 0 radical (unpaired) electrons. The first-order valence-corrected chi connectivity index (χ1v) is 8.63. The van der Waals surface area contributed by atoms with E-state index in [-0.39, 0.29) is 25.0 Å². The first kappa shape index (κ1) is 18.6. The van der Waals surface area contributed by atoms with Gasteiger partial charge in [-0.25, -0.2) is 0 Å². The number of fused-ring (bicyclic) bond motifs is 1. The van der Waals surface area contributed by atoms with E-state index in [0.717, 1.165) is 11.3 Å². The number of carbonyl (C=O) groups is 2. The molecule has 7 heteroatoms. The predicted molar refractivity (Wildman–Crippen MR) is 99.9 cm³/mol. The van der Waals surface area contributed by atoms with Gasteiger partial charge in [-0.05, 0) is 29.8 Å². The summed E-state index contributed by atoms with van der Waals surface area (Å²) in [7, 11) is 1.61. The first-order chi connectivity index (χ1) is 13.0. The Labute approximate surface area is 157 Å². The average molecular weight is 370 g/mol. The third-order valence-corrected chi connectivity index (χ3v) is 4.24. The highest BCUT2D eigenvalue weighted by Crippen LogP contribution is 2.34. The summed E-state index contributed by atoms with van der Waals surface area (Å²) in [6.45, 7) is 2.46. The normalized spacial score (nSPS) is 11.8. The summed E-state index contributed by atoms with van der Waals surface area (Å²) >= 11 is 0. The maximum absolute atomic E-state index is 12.2. The Hall–Kier alpha value is -3.22. The molecule has 0 fully saturated rings. The Balaban J connectivity index is 1.53. The SMILES string of the molecule is COc1ccc(CN(CCC(=O)Nc2ccc3c(c2)OCO3)C(C)=O)cc1. The van der Waals surface area contributed by atoms with E-state index >= 15 is 0 Å². The zero-order chi connectivity index (χ0) is 19.2. The second kappa shape index (κ2) is 8.44. The smallest absolute Gasteiger partial charge is 0.231 e. The molecule has 7 nitrogen and oxygen atoms in total. The summed E-state index contributed by atoms with van der Waals surface area (Å²) in [5, 5.41) is 2.82. The molecule has 1 N–H and O–H groups in total. The van der Waals surface area contributed by atoms with Gasteiger partial charge in [-0.1, -0.05) is 12.1 Å². The van der Waals surface area contributed by atoms with Crippen LogP contribution in [0.1, 0.15) is 18.9 Å². The summed E-state index contributed by atoms with van der Waals surface area (Å²) in [5.74, 6) is 1.78. The molecular formula is C20H22N2O5. The van der Waals surface area contributed by atoms with E-state index in [1.807, 2.05) is 24.3 Å². The molecule has 1 aliphatic rings. The van der Waals surface area contributed by atoms with Crippen LogP contribution in [0, 0.1) is 0 Å². The highest BCUT2D eigenvalue weighted by Gasteiger charge is 2.15. The van der Waals surface area contributed by atoms with Crippen LogP contribution in [0.25, 0.3) is 0 Å². The van der Waals surface area contributed by atoms with Crippen molar-refractivity contribution in [3.63, 3.8) is 0 Å². The van der Waals surface area contributed by atoms with E-state index < -0.39 is 0 Å². The molecule has 1 aliphatic heterocycles. The molecule has 1 heterocycles. The van der Waals surface area contributed by atoms with Crippen LogP contribution in [-0.2, 0) is 16.1 Å². The van der Waals surface area contributed by atoms with E-state index in [1.54, 1.807) is 30.2 Å². The largest absolute Gasteiger partial charge is 0.497 e. The van der Waals surface area contributed by atoms with Gasteiger partial charge in [-0.2, -0.15) is 0 Å². The van der Waals surface area contributed by atoms with E-state index in [4.69, 9.17) is 14.2 Å². The minimum Gasteiger partial charge on any atom is -0.497 e. The number of anilines is 1. The Morgan fingerprint density at radius 2 is 1.85 bits per heavy atom. The fraction of sp³-hybridized carbons (Fsp3) is 0.300. The van der Waals surface area contributed by atoms with Gasteiger partial charge in [0, 0.05) is 38.2 Å². The quantitative estimate of drug-likeness (QED) is 0.811. The highest BCUT2D eigenvalue weighted by molar-refractivity contribution is 5.91. The van der Waals surface area contributed by atoms with E-state index in [0.29, 0.717) is 30.3 Å². The van der Waals surface area contributed by atoms with Gasteiger partial charge >= 0.3 is 0 Å². The Morgan fingerprint density at radius 3 is 2.56 bits per heavy atom. The van der Waals surface area contributed by atoms with Crippen LogP contribution >= 0.6 is 0 Å². The fourth-order valence-corrected chi connectivity index (χ4v) is 2.73. The van der Waals surface area contributed by atoms with Crippen LogP contribution in [-0.4, -0.2) is 37.2 Å². The minimum atomic E-state index is -0.171. The molecule has 0 spiro atoms. The lowest BCUT2D eigenvalue weighted by Gasteiger charge is -2.21. The average Bonchev–Trinajstić information content (AvgIpc) is 3.13. The van der Waals surface area contributed by atoms with Gasteiger partial charge in [-0.3, -0.25) is 9.59 Å². The van der Waals surface area contributed by atoms with E-state index in [1.165, 1.54) is 6.92 Å². The molecule has 2 aromatic rings. The third kappa shape index (κ3) is 4.91. The molecule has 3 rings (SSSR count). The predicted octanol–water partition coefficient (Wildman–Crippen LogP) is 2.80. The van der Waals surface area contributed by atoms with Crippen molar-refractivity contribution in [2.45, 2.75) is 19.9 Å². The van der Waals surface area contributed by atoms with Crippen molar-refractivity contribution in [2.75, 3.05) is 25.8 Å². The van der Waals surface area contributed by atoms with Crippen molar-refractivity contribution < 1.29 is 23.8 Å². The van der Waals surface area contributed by atoms with Crippen LogP contribution in [0.2, 0.25) is 0 Å². The lowest BCUT2D eigenvalue weighted by molar-refractivity contribution is -0.129. The summed E-state index contributed by atoms with van der Waals surface area (Å²) in [5.41, 5.74) is 1.61. The zero-order valence-corrected chi connectivity index (χ0v) is 15.4. The van der Waals surface area contributed by atoms with E-state index in [2.05, 4.69) is 5.32 Å². The van der Waals surface area contributed by atoms with Crippen LogP contribution in [0.5, 0.6) is 17.2 Å². The maximum Gasteiger partial charge on any atom is 0.231 e. The number of nitrogens with one attached hydrogen (secondary N) is 1. The first-order valence-electron chi connectivity index (χ1n) is 8.63. The number of hydrogen-bond donors (Lipinski definition) is 1. The lowest BCUT2D eigenvalue weighted by atomic mass is 10.2. The van der Waals surface area contributed by atoms with Gasteiger partial charge in [0.25, 0.3) is 0 Å². The van der Waals surface area contributed by atoms with Crippen molar-refractivity contribution in [3.05, 3.63) is 48.0 Å². The molecule has 0 atom stereocenters. The molecule has 2 aromatic carbocycles. The highest BCUT2D eigenvalue weighted by atomic mass is 16.7. The van der Waals surface area contributed by atoms with Crippen molar-refractivity contribution in [1.29, 1.82) is 0 Å². The van der Waals surface area contributed by atoms with Gasteiger partial charge in [-0.15, -0.1) is 0 Å². The standard InChI is InChI=1S/C20H22N2O5/c1-14(23)22(12-15-3-6-17(25-2)7-4-15)10-9-20(24)21-16-5-8-18-19(11-16)27-13-26-18/h3-8,11H,9-10,12-13H2,1-2H3,(H,21,24). The maximum atomic E-state index is 12.2. The summed E-state index contributed by atoms with van der Waals surface area (Å²) < 4.78 is 15.7. The third-order valence-electron chi connectivity index (χ3n) is 4.24. The van der Waals surface area contributed by atoms with Gasteiger partial charge in [0.2, 0.25) is 18.6 Å². The number of rotatable bonds is 7. The second-order valence-corrected chi connectivity index (χ2v) is 6.15. The topological polar surface area (TPSA) is 77.1 Å². The summed E-state index contributed by atoms with van der Waals surface area (Å²) in [4.78, 5) is 25.8. The second-order valence-electron chi connectivity index (χ2n) is 6.15. The monoisotopic (exact) mass is 370 g/mol. The van der Waals surface area contributed by atoms with E-state index in [9.17, 15) is 9.59 Å². The van der Waals surface area contributed by atoms with Gasteiger partial charge < -0.3 is 24.4 Å². The Kier molecular flexibility index (Phi) is 5.80. The zero-order valence-electron chi connectivity index (χ0n) is 15.4. The number of hydrogen-bond acceptors (Lipinski definition) is 5. The number of methoxy groups -OCH3 is 1. The van der Waals surface area contributed by atoms with Gasteiger partial charge in [0.15, 0.2) is 11.5 Å². The number of carbonyl (C=O) groups excluding carboxylic acids is 2. The molecule has 0 bridgehead atoms. The summed E-state index contributed by atoms with van der Waals surface area (Å²) in [6.07, 6.45) is 0.199. The molecule has 27 heavy (non-hydrogen) atoms. The van der Waals surface area contributed by atoms with Gasteiger partial charge in [0.05, 0.1) is 7.11 Å².